The molecule has 4 rings (SSSR count). The highest BCUT2D eigenvalue weighted by molar-refractivity contribution is 7.88. The van der Waals surface area contributed by atoms with Gasteiger partial charge in [-0.15, -0.1) is 0 Å². The molecule has 0 bridgehead atoms. The van der Waals surface area contributed by atoms with Gasteiger partial charge in [0.2, 0.25) is 5.09 Å². The largest absolute Gasteiger partial charge is 0.490 e. The van der Waals surface area contributed by atoms with E-state index in [2.05, 4.69) is 5.32 Å². The number of hydrogen-bond acceptors (Lipinski definition) is 7. The van der Waals surface area contributed by atoms with Gasteiger partial charge < -0.3 is 19.2 Å². The van der Waals surface area contributed by atoms with Gasteiger partial charge in [-0.25, -0.2) is 17.5 Å². The number of carbonyl (C=O) groups is 2. The van der Waals surface area contributed by atoms with Crippen molar-refractivity contribution in [3.05, 3.63) is 41.7 Å². The van der Waals surface area contributed by atoms with Crippen LogP contribution in [0, 0.1) is 0 Å². The number of benzene rings is 1. The lowest BCUT2D eigenvalue weighted by Crippen LogP contribution is -2.40. The molecule has 10 nitrogen and oxygen atoms in total. The Morgan fingerprint density at radius 3 is 2.52 bits per heavy atom. The van der Waals surface area contributed by atoms with E-state index < -0.39 is 27.5 Å². The second kappa shape index (κ2) is 7.57. The minimum absolute atomic E-state index is 0.173. The highest BCUT2D eigenvalue weighted by Crippen LogP contribution is 2.37. The highest BCUT2D eigenvalue weighted by atomic mass is 32.2. The van der Waals surface area contributed by atoms with E-state index in [4.69, 9.17) is 13.9 Å². The summed E-state index contributed by atoms with van der Waals surface area (Å²) < 4.78 is 42.1. The lowest BCUT2D eigenvalue weighted by Gasteiger charge is -2.23. The molecule has 3 amide bonds. The van der Waals surface area contributed by atoms with Crippen molar-refractivity contribution in [2.75, 3.05) is 27.3 Å². The van der Waals surface area contributed by atoms with Crippen LogP contribution in [0.25, 0.3) is 0 Å². The number of furan rings is 1. The zero-order chi connectivity index (χ0) is 22.4. The van der Waals surface area contributed by atoms with Crippen molar-refractivity contribution in [2.24, 2.45) is 0 Å². The summed E-state index contributed by atoms with van der Waals surface area (Å²) in [6.45, 7) is 2.45. The molecular formula is C20H23N3O7S. The Hall–Kier alpha value is -3.05. The van der Waals surface area contributed by atoms with Gasteiger partial charge in [-0.3, -0.25) is 9.69 Å². The summed E-state index contributed by atoms with van der Waals surface area (Å²) in [5, 5.41) is 2.46. The number of nitrogens with zero attached hydrogens (tertiary/aromatic N) is 2. The van der Waals surface area contributed by atoms with Crippen molar-refractivity contribution < 1.29 is 31.9 Å². The van der Waals surface area contributed by atoms with E-state index >= 15 is 0 Å². The van der Waals surface area contributed by atoms with Crippen molar-refractivity contribution >= 4 is 22.0 Å². The number of imide groups is 1. The molecule has 1 aromatic heterocycles. The summed E-state index contributed by atoms with van der Waals surface area (Å²) in [6, 6.07) is 7.24. The van der Waals surface area contributed by atoms with Gasteiger partial charge in [0.05, 0.1) is 19.8 Å². The number of urea groups is 1. The maximum absolute atomic E-state index is 13.2. The molecule has 166 valence electrons. The van der Waals surface area contributed by atoms with Crippen molar-refractivity contribution in [1.82, 2.24) is 14.5 Å². The average molecular weight is 449 g/mol. The van der Waals surface area contributed by atoms with Crippen LogP contribution in [0.4, 0.5) is 4.79 Å². The van der Waals surface area contributed by atoms with Crippen molar-refractivity contribution in [1.29, 1.82) is 0 Å². The first-order valence-corrected chi connectivity index (χ1v) is 11.1. The smallest absolute Gasteiger partial charge is 0.325 e. The minimum atomic E-state index is -3.76. The highest BCUT2D eigenvalue weighted by Gasteiger charge is 2.49. The quantitative estimate of drug-likeness (QED) is 0.690. The van der Waals surface area contributed by atoms with E-state index in [0.29, 0.717) is 30.3 Å². The number of hydrogen-bond donors (Lipinski definition) is 1. The van der Waals surface area contributed by atoms with Gasteiger partial charge in [0.15, 0.2) is 11.5 Å². The van der Waals surface area contributed by atoms with Crippen molar-refractivity contribution in [2.45, 2.75) is 30.5 Å². The average Bonchev–Trinajstić information content (AvgIpc) is 3.18. The summed E-state index contributed by atoms with van der Waals surface area (Å²) in [7, 11) is -0.988. The number of fused-ring (bicyclic) bond motifs is 1. The van der Waals surface area contributed by atoms with Gasteiger partial charge in [-0.05, 0) is 36.8 Å². The topological polar surface area (TPSA) is 118 Å². The van der Waals surface area contributed by atoms with E-state index in [9.17, 15) is 18.0 Å². The molecule has 1 saturated heterocycles. The lowest BCUT2D eigenvalue weighted by atomic mass is 9.91. The van der Waals surface area contributed by atoms with Crippen LogP contribution in [0.3, 0.4) is 0 Å². The van der Waals surface area contributed by atoms with E-state index in [1.165, 1.54) is 26.2 Å². The predicted molar refractivity (Wildman–Crippen MR) is 108 cm³/mol. The molecule has 2 aromatic rings. The standard InChI is InChI=1S/C20H23N3O7S/c1-20(13-5-7-15-16(11-13)29-10-4-9-28-15)18(24)23(19(25)21-20)12-14-6-8-17(30-14)31(26,27)22(2)3/h5-8,11H,4,9-10,12H2,1-3H3,(H,21,25). The second-order valence-corrected chi connectivity index (χ2v) is 9.75. The van der Waals surface area contributed by atoms with Crippen LogP contribution in [-0.2, 0) is 26.9 Å². The molecule has 1 fully saturated rings. The Labute approximate surface area is 179 Å². The van der Waals surface area contributed by atoms with Crippen LogP contribution in [0.15, 0.2) is 39.8 Å². The number of carbonyl (C=O) groups excluding carboxylic acids is 2. The fourth-order valence-electron chi connectivity index (χ4n) is 3.43. The van der Waals surface area contributed by atoms with E-state index in [-0.39, 0.29) is 17.4 Å². The number of nitrogens with one attached hydrogen (secondary N) is 1. The van der Waals surface area contributed by atoms with Gasteiger partial charge >= 0.3 is 6.03 Å². The van der Waals surface area contributed by atoms with Crippen LogP contribution >= 0.6 is 0 Å². The van der Waals surface area contributed by atoms with Crippen molar-refractivity contribution in [3.8, 4) is 11.5 Å². The summed E-state index contributed by atoms with van der Waals surface area (Å²) in [6.07, 6.45) is 0.749. The summed E-state index contributed by atoms with van der Waals surface area (Å²) in [4.78, 5) is 26.8. The number of rotatable bonds is 5. The van der Waals surface area contributed by atoms with Gasteiger partial charge in [0, 0.05) is 20.5 Å². The summed E-state index contributed by atoms with van der Waals surface area (Å²) >= 11 is 0. The molecule has 1 atom stereocenters. The third-order valence-corrected chi connectivity index (χ3v) is 6.98. The molecule has 0 spiro atoms. The SMILES string of the molecule is CN(C)S(=O)(=O)c1ccc(CN2C(=O)NC(C)(c3ccc4c(c3)OCCCO4)C2=O)o1. The minimum Gasteiger partial charge on any atom is -0.490 e. The Morgan fingerprint density at radius 2 is 1.81 bits per heavy atom. The first kappa shape index (κ1) is 21.2. The Bertz CT molecular complexity index is 1140. The van der Waals surface area contributed by atoms with Crippen LogP contribution in [0.1, 0.15) is 24.7 Å². The molecule has 31 heavy (non-hydrogen) atoms. The maximum atomic E-state index is 13.2. The third kappa shape index (κ3) is 3.63. The van der Waals surface area contributed by atoms with Gasteiger partial charge in [0.1, 0.15) is 11.3 Å². The van der Waals surface area contributed by atoms with Crippen LogP contribution < -0.4 is 14.8 Å². The zero-order valence-electron chi connectivity index (χ0n) is 17.4. The van der Waals surface area contributed by atoms with E-state index in [1.54, 1.807) is 25.1 Å². The molecule has 2 aliphatic heterocycles. The van der Waals surface area contributed by atoms with Crippen LogP contribution in [-0.4, -0.2) is 56.9 Å². The molecule has 11 heteroatoms. The number of ether oxygens (including phenoxy) is 2. The van der Waals surface area contributed by atoms with Crippen molar-refractivity contribution in [3.63, 3.8) is 0 Å². The Morgan fingerprint density at radius 1 is 1.10 bits per heavy atom. The molecule has 0 saturated carbocycles. The molecule has 3 heterocycles. The molecule has 1 aromatic carbocycles. The van der Waals surface area contributed by atoms with E-state index in [0.717, 1.165) is 15.6 Å². The summed E-state index contributed by atoms with van der Waals surface area (Å²) in [5.41, 5.74) is -0.764. The third-order valence-electron chi connectivity index (χ3n) is 5.29. The van der Waals surface area contributed by atoms with Crippen LogP contribution in [0.2, 0.25) is 0 Å². The molecular weight excluding hydrogens is 426 g/mol. The molecule has 0 radical (unpaired) electrons. The summed E-state index contributed by atoms with van der Waals surface area (Å²) in [5.74, 6) is 0.789. The monoisotopic (exact) mass is 449 g/mol. The van der Waals surface area contributed by atoms with Gasteiger partial charge in [-0.1, -0.05) is 6.07 Å². The number of amides is 3. The van der Waals surface area contributed by atoms with Crippen LogP contribution in [0.5, 0.6) is 11.5 Å². The Balaban J connectivity index is 1.58. The molecule has 1 unspecified atom stereocenters. The van der Waals surface area contributed by atoms with Gasteiger partial charge in [0.25, 0.3) is 15.9 Å². The van der Waals surface area contributed by atoms with Gasteiger partial charge in [-0.2, -0.15) is 0 Å². The normalized spacial score (nSPS) is 21.4. The maximum Gasteiger partial charge on any atom is 0.325 e. The Kier molecular flexibility index (Phi) is 5.18. The molecule has 1 N–H and O–H groups in total. The first-order chi connectivity index (χ1) is 14.6. The molecule has 0 aliphatic carbocycles. The first-order valence-electron chi connectivity index (χ1n) is 9.68. The predicted octanol–water partition coefficient (Wildman–Crippen LogP) is 1.66. The lowest BCUT2D eigenvalue weighted by molar-refractivity contribution is -0.131. The molecule has 2 aliphatic rings. The fraction of sp³-hybridized carbons (Fsp3) is 0.400. The van der Waals surface area contributed by atoms with E-state index in [1.807, 2.05) is 0 Å². The fourth-order valence-corrected chi connectivity index (χ4v) is 4.24. The second-order valence-electron chi connectivity index (χ2n) is 7.67. The zero-order valence-corrected chi connectivity index (χ0v) is 18.2. The number of sulfonamides is 1.